The van der Waals surface area contributed by atoms with Crippen LogP contribution in [0.25, 0.3) is 0 Å². The van der Waals surface area contributed by atoms with Gasteiger partial charge in [0.2, 0.25) is 5.91 Å². The van der Waals surface area contributed by atoms with E-state index in [1.54, 1.807) is 6.07 Å². The number of carbonyl (C=O) groups is 2. The van der Waals surface area contributed by atoms with Crippen LogP contribution < -0.4 is 15.5 Å². The lowest BCUT2D eigenvalue weighted by Crippen LogP contribution is -2.53. The van der Waals surface area contributed by atoms with E-state index in [2.05, 4.69) is 45.6 Å². The SMILES string of the molecule is CCC(CC)C(=O)Nc1ccc(N2CCN(C3c4ccccc4NC(=O)c4ccccc43)C(C)C2)c(C#N)c1. The zero-order chi connectivity index (χ0) is 27.5. The number of hydrogen-bond acceptors (Lipinski definition) is 5. The molecule has 7 heteroatoms. The average Bonchev–Trinajstić information content (AvgIpc) is 3.07. The number of rotatable bonds is 6. The summed E-state index contributed by atoms with van der Waals surface area (Å²) in [5.74, 6) is -0.119. The minimum atomic E-state index is -0.0816. The Morgan fingerprint density at radius 2 is 1.77 bits per heavy atom. The summed E-state index contributed by atoms with van der Waals surface area (Å²) in [5, 5.41) is 16.1. The fraction of sp³-hybridized carbons (Fsp3) is 0.344. The number of benzene rings is 3. The molecule has 2 aliphatic heterocycles. The van der Waals surface area contributed by atoms with Gasteiger partial charge in [0.1, 0.15) is 6.07 Å². The van der Waals surface area contributed by atoms with Gasteiger partial charge in [-0.15, -0.1) is 0 Å². The first-order valence-corrected chi connectivity index (χ1v) is 13.8. The number of fused-ring (bicyclic) bond motifs is 2. The monoisotopic (exact) mass is 521 g/mol. The first-order valence-electron chi connectivity index (χ1n) is 13.8. The van der Waals surface area contributed by atoms with Crippen molar-refractivity contribution in [1.29, 1.82) is 5.26 Å². The predicted molar refractivity (Wildman–Crippen MR) is 155 cm³/mol. The number of amides is 2. The third kappa shape index (κ3) is 5.13. The van der Waals surface area contributed by atoms with Crippen LogP contribution in [0.4, 0.5) is 17.1 Å². The van der Waals surface area contributed by atoms with Crippen LogP contribution in [0.1, 0.15) is 66.7 Å². The number of anilines is 3. The minimum Gasteiger partial charge on any atom is -0.368 e. The number of piperazine rings is 1. The summed E-state index contributed by atoms with van der Waals surface area (Å²) in [6.07, 6.45) is 1.57. The number of para-hydroxylation sites is 1. The molecule has 2 aliphatic rings. The van der Waals surface area contributed by atoms with Gasteiger partial charge in [0, 0.05) is 48.5 Å². The fourth-order valence-electron chi connectivity index (χ4n) is 5.96. The Bertz CT molecular complexity index is 1420. The Morgan fingerprint density at radius 1 is 1.05 bits per heavy atom. The van der Waals surface area contributed by atoms with E-state index in [-0.39, 0.29) is 29.8 Å². The van der Waals surface area contributed by atoms with E-state index >= 15 is 0 Å². The van der Waals surface area contributed by atoms with E-state index in [4.69, 9.17) is 0 Å². The highest BCUT2D eigenvalue weighted by atomic mass is 16.2. The molecule has 3 aromatic rings. The third-order valence-electron chi connectivity index (χ3n) is 8.10. The summed E-state index contributed by atoms with van der Waals surface area (Å²) in [6, 6.07) is 24.0. The largest absolute Gasteiger partial charge is 0.368 e. The highest BCUT2D eigenvalue weighted by molar-refractivity contribution is 6.07. The van der Waals surface area contributed by atoms with Gasteiger partial charge < -0.3 is 15.5 Å². The predicted octanol–water partition coefficient (Wildman–Crippen LogP) is 5.80. The lowest BCUT2D eigenvalue weighted by molar-refractivity contribution is -0.120. The molecule has 0 aromatic heterocycles. The van der Waals surface area contributed by atoms with Gasteiger partial charge in [0.05, 0.1) is 17.3 Å². The summed E-state index contributed by atoms with van der Waals surface area (Å²) in [5.41, 5.74) is 5.73. The summed E-state index contributed by atoms with van der Waals surface area (Å²) >= 11 is 0. The molecule has 5 rings (SSSR count). The lowest BCUT2D eigenvalue weighted by atomic mass is 9.91. The summed E-state index contributed by atoms with van der Waals surface area (Å²) < 4.78 is 0. The molecule has 0 aliphatic carbocycles. The van der Waals surface area contributed by atoms with Crippen molar-refractivity contribution in [2.24, 2.45) is 5.92 Å². The van der Waals surface area contributed by atoms with Crippen LogP contribution in [0.2, 0.25) is 0 Å². The maximum atomic E-state index is 13.1. The van der Waals surface area contributed by atoms with Crippen molar-refractivity contribution in [2.75, 3.05) is 35.2 Å². The first kappa shape index (κ1) is 26.5. The summed E-state index contributed by atoms with van der Waals surface area (Å²) in [6.45, 7) is 8.46. The van der Waals surface area contributed by atoms with Crippen molar-refractivity contribution >= 4 is 28.9 Å². The van der Waals surface area contributed by atoms with Crippen LogP contribution in [-0.4, -0.2) is 42.4 Å². The Morgan fingerprint density at radius 3 is 2.49 bits per heavy atom. The summed E-state index contributed by atoms with van der Waals surface area (Å²) in [4.78, 5) is 30.3. The van der Waals surface area contributed by atoms with Gasteiger partial charge in [0.15, 0.2) is 0 Å². The minimum absolute atomic E-state index is 0.00388. The zero-order valence-electron chi connectivity index (χ0n) is 22.8. The van der Waals surface area contributed by atoms with Crippen LogP contribution in [-0.2, 0) is 4.79 Å². The molecule has 0 radical (unpaired) electrons. The van der Waals surface area contributed by atoms with Gasteiger partial charge in [-0.3, -0.25) is 14.5 Å². The molecular formula is C32H35N5O2. The van der Waals surface area contributed by atoms with Crippen LogP contribution in [0.15, 0.2) is 66.7 Å². The molecule has 2 N–H and O–H groups in total. The van der Waals surface area contributed by atoms with Crippen molar-refractivity contribution < 1.29 is 9.59 Å². The van der Waals surface area contributed by atoms with Gasteiger partial charge in [0.25, 0.3) is 5.91 Å². The van der Waals surface area contributed by atoms with Crippen molar-refractivity contribution in [2.45, 2.75) is 45.7 Å². The maximum absolute atomic E-state index is 13.1. The van der Waals surface area contributed by atoms with Gasteiger partial charge in [-0.1, -0.05) is 50.2 Å². The van der Waals surface area contributed by atoms with E-state index < -0.39 is 0 Å². The molecule has 0 saturated carbocycles. The molecule has 0 spiro atoms. The van der Waals surface area contributed by atoms with Crippen LogP contribution in [0, 0.1) is 17.2 Å². The molecular weight excluding hydrogens is 486 g/mol. The molecule has 7 nitrogen and oxygen atoms in total. The van der Waals surface area contributed by atoms with Crippen molar-refractivity contribution in [3.05, 3.63) is 89.0 Å². The standard InChI is InChI=1S/C32H35N5O2/c1-4-22(5-2)31(38)34-24-14-15-29(23(18-24)19-33)36-16-17-37(21(3)20-36)30-25-10-6-7-11-26(25)32(39)35-28-13-9-8-12-27(28)30/h6-15,18,21-22,30H,4-5,16-17,20H2,1-3H3,(H,34,38)(H,35,39). The molecule has 3 aromatic carbocycles. The quantitative estimate of drug-likeness (QED) is 0.428. The second kappa shape index (κ2) is 11.3. The van der Waals surface area contributed by atoms with E-state index in [0.29, 0.717) is 16.8 Å². The lowest BCUT2D eigenvalue weighted by Gasteiger charge is -2.45. The highest BCUT2D eigenvalue weighted by Gasteiger charge is 2.36. The molecule has 2 amide bonds. The molecule has 0 bridgehead atoms. The number of nitrogens with zero attached hydrogens (tertiary/aromatic N) is 3. The molecule has 39 heavy (non-hydrogen) atoms. The Balaban J connectivity index is 1.40. The van der Waals surface area contributed by atoms with E-state index in [1.807, 2.05) is 62.4 Å². The zero-order valence-corrected chi connectivity index (χ0v) is 22.8. The smallest absolute Gasteiger partial charge is 0.256 e. The number of nitrogens with one attached hydrogen (secondary N) is 2. The van der Waals surface area contributed by atoms with Gasteiger partial charge in [-0.25, -0.2) is 0 Å². The average molecular weight is 522 g/mol. The van der Waals surface area contributed by atoms with Gasteiger partial charge in [-0.05, 0) is 61.2 Å². The normalized spacial score (nSPS) is 18.9. The van der Waals surface area contributed by atoms with Crippen molar-refractivity contribution in [1.82, 2.24) is 4.90 Å². The van der Waals surface area contributed by atoms with E-state index in [1.165, 1.54) is 0 Å². The second-order valence-corrected chi connectivity index (χ2v) is 10.4. The van der Waals surface area contributed by atoms with E-state index in [9.17, 15) is 14.9 Å². The van der Waals surface area contributed by atoms with Crippen molar-refractivity contribution in [3.8, 4) is 6.07 Å². The molecule has 2 heterocycles. The van der Waals surface area contributed by atoms with Crippen LogP contribution in [0.5, 0.6) is 0 Å². The van der Waals surface area contributed by atoms with Crippen molar-refractivity contribution in [3.63, 3.8) is 0 Å². The molecule has 2 unspecified atom stereocenters. The molecule has 1 saturated heterocycles. The topological polar surface area (TPSA) is 88.5 Å². The third-order valence-corrected chi connectivity index (χ3v) is 8.10. The number of nitriles is 1. The van der Waals surface area contributed by atoms with Gasteiger partial charge in [-0.2, -0.15) is 5.26 Å². The van der Waals surface area contributed by atoms with Gasteiger partial charge >= 0.3 is 0 Å². The Hall–Kier alpha value is -4.15. The number of carbonyl (C=O) groups excluding carboxylic acids is 2. The maximum Gasteiger partial charge on any atom is 0.256 e. The Kier molecular flexibility index (Phi) is 7.67. The highest BCUT2D eigenvalue weighted by Crippen LogP contribution is 2.40. The van der Waals surface area contributed by atoms with Crippen LogP contribution in [0.3, 0.4) is 0 Å². The summed E-state index contributed by atoms with van der Waals surface area (Å²) in [7, 11) is 0. The molecule has 1 fully saturated rings. The fourth-order valence-corrected chi connectivity index (χ4v) is 5.96. The number of hydrogen-bond donors (Lipinski definition) is 2. The Labute approximate surface area is 230 Å². The second-order valence-electron chi connectivity index (χ2n) is 10.4. The molecule has 2 atom stereocenters. The first-order chi connectivity index (χ1) is 18.9. The molecule has 200 valence electrons. The van der Waals surface area contributed by atoms with E-state index in [0.717, 1.165) is 55.0 Å². The van der Waals surface area contributed by atoms with Crippen LogP contribution >= 0.6 is 0 Å².